The van der Waals surface area contributed by atoms with Gasteiger partial charge in [-0.05, 0) is 41.5 Å². The van der Waals surface area contributed by atoms with Gasteiger partial charge in [0.25, 0.3) is 5.91 Å². The number of nitrogens with zero attached hydrogens (tertiary/aromatic N) is 2. The number of hydrogen-bond acceptors (Lipinski definition) is 6. The molecule has 1 saturated heterocycles. The Morgan fingerprint density at radius 3 is 2.36 bits per heavy atom. The summed E-state index contributed by atoms with van der Waals surface area (Å²) in [6, 6.07) is 18.7. The number of piperazine rings is 1. The Bertz CT molecular complexity index is 1250. The standard InChI is InChI=1S/C24H24N2O5S2/c27-24(23-9-8-22(32-23)19-6-7-20-21(16-19)31-15-14-30-20)25-10-12-26(13-11-25)33(28,29)17-18-4-2-1-3-5-18/h1-9,16H,10-15,17H2. The molecule has 1 amide bonds. The summed E-state index contributed by atoms with van der Waals surface area (Å²) in [5.74, 6) is 1.36. The number of rotatable bonds is 5. The SMILES string of the molecule is O=C(c1ccc(-c2ccc3c(c2)OCCO3)s1)N1CCN(S(=O)(=O)Cc2ccccc2)CC1. The normalized spacial score (nSPS) is 16.5. The maximum atomic E-state index is 13.0. The Hall–Kier alpha value is -2.88. The van der Waals surface area contributed by atoms with Gasteiger partial charge in [-0.15, -0.1) is 11.3 Å². The molecule has 2 aliphatic heterocycles. The average Bonchev–Trinajstić information content (AvgIpc) is 3.34. The van der Waals surface area contributed by atoms with E-state index in [-0.39, 0.29) is 11.7 Å². The zero-order chi connectivity index (χ0) is 22.8. The van der Waals surface area contributed by atoms with E-state index >= 15 is 0 Å². The molecule has 9 heteroatoms. The predicted octanol–water partition coefficient (Wildman–Crippen LogP) is 3.47. The van der Waals surface area contributed by atoms with Crippen molar-refractivity contribution in [2.24, 2.45) is 0 Å². The number of benzene rings is 2. The van der Waals surface area contributed by atoms with Gasteiger partial charge in [0.15, 0.2) is 11.5 Å². The minimum absolute atomic E-state index is 0.0222. The summed E-state index contributed by atoms with van der Waals surface area (Å²) in [7, 11) is -3.41. The van der Waals surface area contributed by atoms with E-state index in [9.17, 15) is 13.2 Å². The highest BCUT2D eigenvalue weighted by Gasteiger charge is 2.30. The van der Waals surface area contributed by atoms with Crippen LogP contribution in [0, 0.1) is 0 Å². The quantitative estimate of drug-likeness (QED) is 0.554. The number of carbonyl (C=O) groups is 1. The second kappa shape index (κ2) is 9.17. The lowest BCUT2D eigenvalue weighted by molar-refractivity contribution is 0.0702. The van der Waals surface area contributed by atoms with E-state index in [0.29, 0.717) is 50.0 Å². The number of fused-ring (bicyclic) bond motifs is 1. The molecule has 2 aliphatic rings. The van der Waals surface area contributed by atoms with Crippen LogP contribution in [0.2, 0.25) is 0 Å². The highest BCUT2D eigenvalue weighted by molar-refractivity contribution is 7.88. The van der Waals surface area contributed by atoms with Crippen molar-refractivity contribution in [1.29, 1.82) is 0 Å². The lowest BCUT2D eigenvalue weighted by Gasteiger charge is -2.33. The number of amides is 1. The van der Waals surface area contributed by atoms with Crippen LogP contribution in [0.3, 0.4) is 0 Å². The van der Waals surface area contributed by atoms with Crippen LogP contribution in [0.5, 0.6) is 11.5 Å². The van der Waals surface area contributed by atoms with Crippen LogP contribution in [-0.2, 0) is 15.8 Å². The van der Waals surface area contributed by atoms with Crippen molar-refractivity contribution in [1.82, 2.24) is 9.21 Å². The third-order valence-corrected chi connectivity index (χ3v) is 8.73. The van der Waals surface area contributed by atoms with E-state index in [4.69, 9.17) is 9.47 Å². The maximum absolute atomic E-state index is 13.0. The molecular weight excluding hydrogens is 460 g/mol. The van der Waals surface area contributed by atoms with Gasteiger partial charge in [0.2, 0.25) is 10.0 Å². The first-order chi connectivity index (χ1) is 16.0. The monoisotopic (exact) mass is 484 g/mol. The van der Waals surface area contributed by atoms with Crippen LogP contribution < -0.4 is 9.47 Å². The fraction of sp³-hybridized carbons (Fsp3) is 0.292. The van der Waals surface area contributed by atoms with Crippen molar-refractivity contribution in [2.75, 3.05) is 39.4 Å². The third kappa shape index (κ3) is 4.75. The summed E-state index contributed by atoms with van der Waals surface area (Å²) in [6.07, 6.45) is 0. The Balaban J connectivity index is 1.22. The molecule has 0 spiro atoms. The first-order valence-electron chi connectivity index (χ1n) is 10.8. The third-order valence-electron chi connectivity index (χ3n) is 5.75. The van der Waals surface area contributed by atoms with Gasteiger partial charge < -0.3 is 14.4 Å². The second-order valence-electron chi connectivity index (χ2n) is 7.96. The van der Waals surface area contributed by atoms with E-state index < -0.39 is 10.0 Å². The summed E-state index contributed by atoms with van der Waals surface area (Å²) in [5, 5.41) is 0. The van der Waals surface area contributed by atoms with Gasteiger partial charge >= 0.3 is 0 Å². The molecule has 3 heterocycles. The molecule has 0 saturated carbocycles. The topological polar surface area (TPSA) is 76.2 Å². The molecule has 0 aliphatic carbocycles. The van der Waals surface area contributed by atoms with Gasteiger partial charge in [-0.3, -0.25) is 4.79 Å². The number of carbonyl (C=O) groups excluding carboxylic acids is 1. The van der Waals surface area contributed by atoms with E-state index in [1.807, 2.05) is 60.7 Å². The molecule has 0 bridgehead atoms. The fourth-order valence-electron chi connectivity index (χ4n) is 4.01. The minimum Gasteiger partial charge on any atom is -0.486 e. The van der Waals surface area contributed by atoms with Crippen molar-refractivity contribution in [3.8, 4) is 21.9 Å². The van der Waals surface area contributed by atoms with Crippen molar-refractivity contribution < 1.29 is 22.7 Å². The predicted molar refractivity (Wildman–Crippen MR) is 127 cm³/mol. The summed E-state index contributed by atoms with van der Waals surface area (Å²) < 4.78 is 38.3. The van der Waals surface area contributed by atoms with Crippen LogP contribution in [0.15, 0.2) is 60.7 Å². The van der Waals surface area contributed by atoms with Gasteiger partial charge in [0.1, 0.15) is 13.2 Å². The molecule has 33 heavy (non-hydrogen) atoms. The van der Waals surface area contributed by atoms with Crippen LogP contribution in [0.1, 0.15) is 15.2 Å². The van der Waals surface area contributed by atoms with Crippen molar-refractivity contribution in [3.05, 3.63) is 71.1 Å². The lowest BCUT2D eigenvalue weighted by Crippen LogP contribution is -2.50. The molecule has 0 unspecified atom stereocenters. The van der Waals surface area contributed by atoms with Crippen LogP contribution in [0.25, 0.3) is 10.4 Å². The molecule has 7 nitrogen and oxygen atoms in total. The molecule has 0 atom stereocenters. The number of ether oxygens (including phenoxy) is 2. The van der Waals surface area contributed by atoms with Crippen LogP contribution >= 0.6 is 11.3 Å². The lowest BCUT2D eigenvalue weighted by atomic mass is 10.1. The fourth-order valence-corrected chi connectivity index (χ4v) is 6.49. The summed E-state index contributed by atoms with van der Waals surface area (Å²) in [4.78, 5) is 16.4. The second-order valence-corrected chi connectivity index (χ2v) is 11.0. The van der Waals surface area contributed by atoms with Crippen molar-refractivity contribution in [3.63, 3.8) is 0 Å². The van der Waals surface area contributed by atoms with Crippen LogP contribution in [0.4, 0.5) is 0 Å². The highest BCUT2D eigenvalue weighted by Crippen LogP contribution is 2.37. The number of hydrogen-bond donors (Lipinski definition) is 0. The molecule has 5 rings (SSSR count). The Morgan fingerprint density at radius 1 is 0.879 bits per heavy atom. The first kappa shape index (κ1) is 21.9. The van der Waals surface area contributed by atoms with Gasteiger partial charge in [-0.25, -0.2) is 8.42 Å². The van der Waals surface area contributed by atoms with Gasteiger partial charge in [0.05, 0.1) is 10.6 Å². The summed E-state index contributed by atoms with van der Waals surface area (Å²) in [5.41, 5.74) is 1.74. The molecule has 0 N–H and O–H groups in total. The smallest absolute Gasteiger partial charge is 0.264 e. The first-order valence-corrected chi connectivity index (χ1v) is 13.2. The van der Waals surface area contributed by atoms with Crippen molar-refractivity contribution >= 4 is 27.3 Å². The van der Waals surface area contributed by atoms with E-state index in [2.05, 4.69) is 0 Å². The largest absolute Gasteiger partial charge is 0.486 e. The summed E-state index contributed by atoms with van der Waals surface area (Å²) in [6.45, 7) is 2.44. The summed E-state index contributed by atoms with van der Waals surface area (Å²) >= 11 is 1.43. The maximum Gasteiger partial charge on any atom is 0.264 e. The van der Waals surface area contributed by atoms with E-state index in [0.717, 1.165) is 21.8 Å². The number of thiophene rings is 1. The molecule has 2 aromatic carbocycles. The van der Waals surface area contributed by atoms with Crippen molar-refractivity contribution in [2.45, 2.75) is 5.75 Å². The molecule has 1 fully saturated rings. The molecule has 0 radical (unpaired) electrons. The number of sulfonamides is 1. The Morgan fingerprint density at radius 2 is 1.61 bits per heavy atom. The highest BCUT2D eigenvalue weighted by atomic mass is 32.2. The van der Waals surface area contributed by atoms with Crippen LogP contribution in [-0.4, -0.2) is 62.9 Å². The molecular formula is C24H24N2O5S2. The van der Waals surface area contributed by atoms with E-state index in [1.165, 1.54) is 15.6 Å². The van der Waals surface area contributed by atoms with E-state index in [1.54, 1.807) is 4.90 Å². The zero-order valence-electron chi connectivity index (χ0n) is 18.0. The average molecular weight is 485 g/mol. The molecule has 1 aromatic heterocycles. The van der Waals surface area contributed by atoms with Gasteiger partial charge in [-0.2, -0.15) is 4.31 Å². The Kier molecular flexibility index (Phi) is 6.09. The van der Waals surface area contributed by atoms with Gasteiger partial charge in [-0.1, -0.05) is 30.3 Å². The molecule has 172 valence electrons. The minimum atomic E-state index is -3.41. The van der Waals surface area contributed by atoms with Gasteiger partial charge in [0, 0.05) is 31.1 Å². The molecule has 3 aromatic rings. The zero-order valence-corrected chi connectivity index (χ0v) is 19.6. The Labute approximate surface area is 197 Å².